The molecule has 0 saturated carbocycles. The Morgan fingerprint density at radius 2 is 1.70 bits per heavy atom. The largest absolute Gasteiger partial charge is 0.496 e. The van der Waals surface area contributed by atoms with Gasteiger partial charge in [0.1, 0.15) is 28.6 Å². The molecule has 0 amide bonds. The molecule has 7 heteroatoms. The summed E-state index contributed by atoms with van der Waals surface area (Å²) in [4.78, 5) is 11.7. The number of hydrogen-bond donors (Lipinski definition) is 0. The monoisotopic (exact) mass is 447 g/mol. The molecule has 0 aliphatic rings. The Balaban J connectivity index is 1.80. The lowest BCUT2D eigenvalue weighted by molar-refractivity contribution is 0.0595. The number of carbonyl (C=O) groups excluding carboxylic acids is 1. The zero-order valence-electron chi connectivity index (χ0n) is 18.6. The SMILES string of the molecule is COC(=O)c1ccc(-c2cc(-c3c(OC)cc(-c4ccccc4)c(C)c3OC)on2)cc1F. The Morgan fingerprint density at radius 1 is 0.939 bits per heavy atom. The van der Waals surface area contributed by atoms with E-state index >= 15 is 0 Å². The third-order valence-corrected chi connectivity index (χ3v) is 5.43. The van der Waals surface area contributed by atoms with Crippen molar-refractivity contribution in [2.45, 2.75) is 6.92 Å². The van der Waals surface area contributed by atoms with E-state index < -0.39 is 11.8 Å². The van der Waals surface area contributed by atoms with Crippen molar-refractivity contribution in [3.63, 3.8) is 0 Å². The number of rotatable bonds is 6. The lowest BCUT2D eigenvalue weighted by Gasteiger charge is -2.17. The first-order valence-electron chi connectivity index (χ1n) is 10.1. The van der Waals surface area contributed by atoms with Gasteiger partial charge in [-0.25, -0.2) is 9.18 Å². The van der Waals surface area contributed by atoms with Crippen LogP contribution < -0.4 is 9.47 Å². The number of hydrogen-bond acceptors (Lipinski definition) is 6. The molecule has 6 nitrogen and oxygen atoms in total. The second-order valence-electron chi connectivity index (χ2n) is 7.29. The smallest absolute Gasteiger partial charge is 0.340 e. The highest BCUT2D eigenvalue weighted by Gasteiger charge is 2.23. The molecule has 0 atom stereocenters. The van der Waals surface area contributed by atoms with Crippen molar-refractivity contribution < 1.29 is 27.9 Å². The van der Waals surface area contributed by atoms with Crippen molar-refractivity contribution in [3.8, 4) is 45.2 Å². The molecule has 33 heavy (non-hydrogen) atoms. The van der Waals surface area contributed by atoms with Crippen molar-refractivity contribution in [2.75, 3.05) is 21.3 Å². The minimum atomic E-state index is -0.747. The maximum atomic E-state index is 14.4. The molecule has 0 N–H and O–H groups in total. The highest BCUT2D eigenvalue weighted by molar-refractivity contribution is 5.90. The molecule has 1 aromatic heterocycles. The van der Waals surface area contributed by atoms with Crippen LogP contribution in [0.15, 0.2) is 65.2 Å². The quantitative estimate of drug-likeness (QED) is 0.341. The first-order chi connectivity index (χ1) is 16.0. The van der Waals surface area contributed by atoms with Crippen molar-refractivity contribution in [2.24, 2.45) is 0 Å². The second kappa shape index (κ2) is 9.16. The Labute approximate surface area is 190 Å². The highest BCUT2D eigenvalue weighted by Crippen LogP contribution is 2.46. The van der Waals surface area contributed by atoms with Gasteiger partial charge < -0.3 is 18.7 Å². The average molecular weight is 447 g/mol. The van der Waals surface area contributed by atoms with Crippen LogP contribution in [0.5, 0.6) is 11.5 Å². The lowest BCUT2D eigenvalue weighted by atomic mass is 9.95. The number of carbonyl (C=O) groups is 1. The van der Waals surface area contributed by atoms with Gasteiger partial charge in [0.05, 0.1) is 26.9 Å². The van der Waals surface area contributed by atoms with Gasteiger partial charge in [-0.05, 0) is 41.8 Å². The number of ether oxygens (including phenoxy) is 3. The van der Waals surface area contributed by atoms with E-state index in [2.05, 4.69) is 9.89 Å². The number of esters is 1. The second-order valence-corrected chi connectivity index (χ2v) is 7.29. The van der Waals surface area contributed by atoms with E-state index in [9.17, 15) is 9.18 Å². The number of nitrogens with zero attached hydrogens (tertiary/aromatic N) is 1. The van der Waals surface area contributed by atoms with Crippen LogP contribution >= 0.6 is 0 Å². The first kappa shape index (κ1) is 22.1. The molecule has 4 aromatic rings. The topological polar surface area (TPSA) is 70.8 Å². The van der Waals surface area contributed by atoms with Crippen LogP contribution in [0.1, 0.15) is 15.9 Å². The molecule has 168 valence electrons. The summed E-state index contributed by atoms with van der Waals surface area (Å²) in [6.07, 6.45) is 0. The standard InChI is InChI=1S/C26H22FNO5/c1-15-19(16-8-6-5-7-9-16)13-22(30-2)24(25(15)31-3)23-14-21(28-33-23)17-10-11-18(20(27)12-17)26(29)32-4/h5-14H,1-4H3. The van der Waals surface area contributed by atoms with Gasteiger partial charge in [0.15, 0.2) is 5.76 Å². The first-order valence-corrected chi connectivity index (χ1v) is 10.1. The Kier molecular flexibility index (Phi) is 6.13. The third kappa shape index (κ3) is 4.05. The van der Waals surface area contributed by atoms with Gasteiger partial charge in [-0.1, -0.05) is 41.6 Å². The predicted molar refractivity (Wildman–Crippen MR) is 122 cm³/mol. The molecule has 0 fully saturated rings. The summed E-state index contributed by atoms with van der Waals surface area (Å²) in [6, 6.07) is 17.7. The maximum Gasteiger partial charge on any atom is 0.340 e. The summed E-state index contributed by atoms with van der Waals surface area (Å²) >= 11 is 0. The summed E-state index contributed by atoms with van der Waals surface area (Å²) in [7, 11) is 4.35. The lowest BCUT2D eigenvalue weighted by Crippen LogP contribution is -2.04. The molecular formula is C26H22FNO5. The van der Waals surface area contributed by atoms with Crippen LogP contribution in [0.2, 0.25) is 0 Å². The van der Waals surface area contributed by atoms with Gasteiger partial charge in [0, 0.05) is 11.6 Å². The van der Waals surface area contributed by atoms with Crippen LogP contribution in [-0.2, 0) is 4.74 Å². The number of methoxy groups -OCH3 is 3. The molecule has 1 heterocycles. The Morgan fingerprint density at radius 3 is 2.33 bits per heavy atom. The van der Waals surface area contributed by atoms with E-state index in [1.54, 1.807) is 26.4 Å². The van der Waals surface area contributed by atoms with E-state index in [1.807, 2.05) is 43.3 Å². The van der Waals surface area contributed by atoms with E-state index in [4.69, 9.17) is 14.0 Å². The van der Waals surface area contributed by atoms with Gasteiger partial charge in [-0.2, -0.15) is 0 Å². The molecule has 0 unspecified atom stereocenters. The van der Waals surface area contributed by atoms with E-state index in [0.29, 0.717) is 34.1 Å². The zero-order chi connectivity index (χ0) is 23.5. The van der Waals surface area contributed by atoms with Crippen LogP contribution in [-0.4, -0.2) is 32.5 Å². The molecule has 0 aliphatic heterocycles. The molecule has 0 saturated heterocycles. The number of halogens is 1. The van der Waals surface area contributed by atoms with Gasteiger partial charge in [0.25, 0.3) is 0 Å². The van der Waals surface area contributed by atoms with Gasteiger partial charge in [-0.15, -0.1) is 0 Å². The Bertz CT molecular complexity index is 1310. The molecule has 3 aromatic carbocycles. The predicted octanol–water partition coefficient (Wildman–Crippen LogP) is 5.93. The molecule has 0 radical (unpaired) electrons. The number of benzene rings is 3. The highest BCUT2D eigenvalue weighted by atomic mass is 19.1. The molecule has 0 aliphatic carbocycles. The van der Waals surface area contributed by atoms with Gasteiger partial charge in [-0.3, -0.25) is 0 Å². The summed E-state index contributed by atoms with van der Waals surface area (Å²) in [5, 5.41) is 4.09. The van der Waals surface area contributed by atoms with Crippen molar-refractivity contribution in [3.05, 3.63) is 77.6 Å². The molecule has 4 rings (SSSR count). The minimum absolute atomic E-state index is 0.152. The van der Waals surface area contributed by atoms with Crippen LogP contribution in [0.3, 0.4) is 0 Å². The molecular weight excluding hydrogens is 425 g/mol. The number of aromatic nitrogens is 1. The van der Waals surface area contributed by atoms with Crippen LogP contribution in [0, 0.1) is 12.7 Å². The zero-order valence-corrected chi connectivity index (χ0v) is 18.6. The van der Waals surface area contributed by atoms with Gasteiger partial charge >= 0.3 is 5.97 Å². The summed E-state index contributed by atoms with van der Waals surface area (Å²) < 4.78 is 36.0. The maximum absolute atomic E-state index is 14.4. The summed E-state index contributed by atoms with van der Waals surface area (Å²) in [5.41, 5.74) is 4.19. The summed E-state index contributed by atoms with van der Waals surface area (Å²) in [5.74, 6) is 0.0821. The van der Waals surface area contributed by atoms with Crippen LogP contribution in [0.4, 0.5) is 4.39 Å². The molecule has 0 bridgehead atoms. The van der Waals surface area contributed by atoms with Crippen molar-refractivity contribution in [1.82, 2.24) is 5.16 Å². The van der Waals surface area contributed by atoms with E-state index in [1.165, 1.54) is 19.2 Å². The van der Waals surface area contributed by atoms with E-state index in [-0.39, 0.29) is 5.56 Å². The minimum Gasteiger partial charge on any atom is -0.496 e. The fourth-order valence-corrected chi connectivity index (χ4v) is 3.78. The fourth-order valence-electron chi connectivity index (χ4n) is 3.78. The average Bonchev–Trinajstić information content (AvgIpc) is 3.33. The van der Waals surface area contributed by atoms with Crippen molar-refractivity contribution in [1.29, 1.82) is 0 Å². The third-order valence-electron chi connectivity index (χ3n) is 5.43. The van der Waals surface area contributed by atoms with Gasteiger partial charge in [0.2, 0.25) is 0 Å². The van der Waals surface area contributed by atoms with E-state index in [0.717, 1.165) is 16.7 Å². The Hall–Kier alpha value is -4.13. The summed E-state index contributed by atoms with van der Waals surface area (Å²) in [6.45, 7) is 1.96. The van der Waals surface area contributed by atoms with Crippen LogP contribution in [0.25, 0.3) is 33.7 Å². The molecule has 0 spiro atoms. The van der Waals surface area contributed by atoms with Crippen molar-refractivity contribution >= 4 is 5.97 Å². The fraction of sp³-hybridized carbons (Fsp3) is 0.154. The normalized spacial score (nSPS) is 10.7.